The highest BCUT2D eigenvalue weighted by molar-refractivity contribution is 7.85. The van der Waals surface area contributed by atoms with E-state index in [1.165, 1.54) is 0 Å². The molecule has 8 heteroatoms. The Morgan fingerprint density at radius 1 is 0.970 bits per heavy atom. The monoisotopic (exact) mass is 460 g/mol. The first-order chi connectivity index (χ1) is 16.1. The molecule has 1 fully saturated rings. The molecule has 0 radical (unpaired) electrons. The Morgan fingerprint density at radius 3 is 2.45 bits per heavy atom. The number of carbonyl (C=O) groups is 2. The molecule has 3 heterocycles. The zero-order valence-corrected chi connectivity index (χ0v) is 19.1. The second-order valence-corrected chi connectivity index (χ2v) is 9.38. The van der Waals surface area contributed by atoms with E-state index in [0.29, 0.717) is 59.3 Å². The maximum atomic E-state index is 13.3. The molecule has 2 aliphatic rings. The highest BCUT2D eigenvalue weighted by atomic mass is 32.2. The van der Waals surface area contributed by atoms with Crippen LogP contribution in [0.1, 0.15) is 27.6 Å². The van der Waals surface area contributed by atoms with Gasteiger partial charge in [-0.1, -0.05) is 18.2 Å². The number of aromatic nitrogens is 1. The summed E-state index contributed by atoms with van der Waals surface area (Å²) in [4.78, 5) is 37.6. The third-order valence-electron chi connectivity index (χ3n) is 6.12. The predicted molar refractivity (Wildman–Crippen MR) is 127 cm³/mol. The Morgan fingerprint density at radius 2 is 1.73 bits per heavy atom. The average Bonchev–Trinajstić information content (AvgIpc) is 2.97. The lowest BCUT2D eigenvalue weighted by Gasteiger charge is -2.35. The first-order valence-corrected chi connectivity index (χ1v) is 12.2. The van der Waals surface area contributed by atoms with Crippen LogP contribution in [0.3, 0.4) is 0 Å². The van der Waals surface area contributed by atoms with Gasteiger partial charge < -0.3 is 14.7 Å². The number of carbonyl (C=O) groups excluding carboxylic acids is 2. The van der Waals surface area contributed by atoms with Crippen LogP contribution in [0.5, 0.6) is 0 Å². The molecule has 0 aliphatic carbocycles. The molecule has 1 atom stereocenters. The third-order valence-corrected chi connectivity index (χ3v) is 7.62. The number of amides is 2. The van der Waals surface area contributed by atoms with Crippen molar-refractivity contribution in [3.05, 3.63) is 78.0 Å². The van der Waals surface area contributed by atoms with E-state index in [1.54, 1.807) is 53.6 Å². The number of hydrogen-bond acceptors (Lipinski definition) is 5. The van der Waals surface area contributed by atoms with Gasteiger partial charge in [0.1, 0.15) is 5.82 Å². The second-order valence-electron chi connectivity index (χ2n) is 7.96. The molecule has 33 heavy (non-hydrogen) atoms. The smallest absolute Gasteiger partial charge is 0.259 e. The van der Waals surface area contributed by atoms with Crippen molar-refractivity contribution >= 4 is 34.1 Å². The minimum Gasteiger partial charge on any atom is -0.353 e. The lowest BCUT2D eigenvalue weighted by molar-refractivity contribution is 0.0746. The number of benzene rings is 2. The summed E-state index contributed by atoms with van der Waals surface area (Å²) in [7, 11) is -1.50. The summed E-state index contributed by atoms with van der Waals surface area (Å²) < 4.78 is 13.3. The normalized spacial score (nSPS) is 17.9. The van der Waals surface area contributed by atoms with Gasteiger partial charge in [-0.05, 0) is 49.4 Å². The van der Waals surface area contributed by atoms with Gasteiger partial charge in [-0.15, -0.1) is 0 Å². The minimum atomic E-state index is -1.50. The van der Waals surface area contributed by atoms with E-state index in [9.17, 15) is 13.8 Å². The summed E-state index contributed by atoms with van der Waals surface area (Å²) in [6.07, 6.45) is 1.77. The van der Waals surface area contributed by atoms with Crippen molar-refractivity contribution in [2.75, 3.05) is 42.5 Å². The summed E-state index contributed by atoms with van der Waals surface area (Å²) >= 11 is 0. The molecule has 168 valence electrons. The van der Waals surface area contributed by atoms with Crippen molar-refractivity contribution in [3.8, 4) is 0 Å². The van der Waals surface area contributed by atoms with Gasteiger partial charge in [0.2, 0.25) is 0 Å². The zero-order valence-electron chi connectivity index (χ0n) is 18.3. The van der Waals surface area contributed by atoms with Crippen LogP contribution in [0.2, 0.25) is 0 Å². The molecular formula is C25H24N4O3S. The Hall–Kier alpha value is -3.52. The Balaban J connectivity index is 1.42. The largest absolute Gasteiger partial charge is 0.353 e. The number of fused-ring (bicyclic) bond motifs is 2. The zero-order chi connectivity index (χ0) is 22.9. The van der Waals surface area contributed by atoms with Gasteiger partial charge in [0.25, 0.3) is 11.8 Å². The molecule has 1 saturated heterocycles. The SMILES string of the molecule is CCN1C(=O)c2ccccc2[S@@](=O)c2ccc(C(=O)N3CCN(c4ccccn4)CC3)cc21. The molecule has 0 N–H and O–H groups in total. The molecule has 2 aromatic carbocycles. The van der Waals surface area contributed by atoms with Crippen molar-refractivity contribution in [1.82, 2.24) is 9.88 Å². The number of nitrogens with zero attached hydrogens (tertiary/aromatic N) is 4. The van der Waals surface area contributed by atoms with E-state index in [2.05, 4.69) is 9.88 Å². The van der Waals surface area contributed by atoms with Crippen molar-refractivity contribution in [2.24, 2.45) is 0 Å². The van der Waals surface area contributed by atoms with Crippen LogP contribution < -0.4 is 9.80 Å². The van der Waals surface area contributed by atoms with Crippen LogP contribution in [0.15, 0.2) is 76.7 Å². The van der Waals surface area contributed by atoms with Gasteiger partial charge in [0.05, 0.1) is 31.8 Å². The van der Waals surface area contributed by atoms with Crippen LogP contribution in [0.25, 0.3) is 0 Å². The molecule has 0 saturated carbocycles. The molecule has 2 aliphatic heterocycles. The fourth-order valence-corrected chi connectivity index (χ4v) is 5.72. The van der Waals surface area contributed by atoms with Crippen LogP contribution in [-0.4, -0.2) is 58.6 Å². The number of rotatable bonds is 3. The molecule has 1 aromatic heterocycles. The maximum absolute atomic E-state index is 13.3. The molecule has 0 unspecified atom stereocenters. The summed E-state index contributed by atoms with van der Waals surface area (Å²) in [5, 5.41) is 0. The fourth-order valence-electron chi connectivity index (χ4n) is 4.37. The fraction of sp³-hybridized carbons (Fsp3) is 0.240. The maximum Gasteiger partial charge on any atom is 0.259 e. The Bertz CT molecular complexity index is 1240. The molecule has 0 spiro atoms. The van der Waals surface area contributed by atoms with Crippen molar-refractivity contribution in [1.29, 1.82) is 0 Å². The topological polar surface area (TPSA) is 73.8 Å². The van der Waals surface area contributed by atoms with E-state index in [-0.39, 0.29) is 11.8 Å². The van der Waals surface area contributed by atoms with Crippen molar-refractivity contribution in [2.45, 2.75) is 16.7 Å². The van der Waals surface area contributed by atoms with Crippen LogP contribution >= 0.6 is 0 Å². The van der Waals surface area contributed by atoms with Crippen molar-refractivity contribution in [3.63, 3.8) is 0 Å². The summed E-state index contributed by atoms with van der Waals surface area (Å²) in [6, 6.07) is 18.0. The first kappa shape index (κ1) is 21.3. The Kier molecular flexibility index (Phi) is 5.68. The third kappa shape index (κ3) is 3.80. The second kappa shape index (κ2) is 8.78. The van der Waals surface area contributed by atoms with Gasteiger partial charge in [-0.3, -0.25) is 9.59 Å². The van der Waals surface area contributed by atoms with Gasteiger partial charge in [0.15, 0.2) is 0 Å². The van der Waals surface area contributed by atoms with Gasteiger partial charge in [0, 0.05) is 44.5 Å². The molecular weight excluding hydrogens is 436 g/mol. The molecule has 7 nitrogen and oxygen atoms in total. The summed E-state index contributed by atoms with van der Waals surface area (Å²) in [5.74, 6) is 0.622. The van der Waals surface area contributed by atoms with E-state index in [1.807, 2.05) is 30.0 Å². The van der Waals surface area contributed by atoms with Gasteiger partial charge >= 0.3 is 0 Å². The highest BCUT2D eigenvalue weighted by Crippen LogP contribution is 2.35. The summed E-state index contributed by atoms with van der Waals surface area (Å²) in [5.41, 5.74) is 1.47. The molecule has 0 bridgehead atoms. The lowest BCUT2D eigenvalue weighted by atomic mass is 10.1. The minimum absolute atomic E-state index is 0.0884. The van der Waals surface area contributed by atoms with Gasteiger partial charge in [-0.25, -0.2) is 9.19 Å². The van der Waals surface area contributed by atoms with Crippen molar-refractivity contribution < 1.29 is 13.8 Å². The van der Waals surface area contributed by atoms with Gasteiger partial charge in [-0.2, -0.15) is 0 Å². The van der Waals surface area contributed by atoms with E-state index in [0.717, 1.165) is 5.82 Å². The standard InChI is InChI=1S/C25H24N4O3S/c1-2-29-20-17-18(10-11-22(20)33(32)21-8-4-3-7-19(21)25(29)31)24(30)28-15-13-27(14-16-28)23-9-5-6-12-26-23/h3-12,17H,2,13-16H2,1H3/t33-/m1/s1. The van der Waals surface area contributed by atoms with Crippen LogP contribution in [0.4, 0.5) is 11.5 Å². The lowest BCUT2D eigenvalue weighted by Crippen LogP contribution is -2.49. The predicted octanol–water partition coefficient (Wildman–Crippen LogP) is 3.19. The van der Waals surface area contributed by atoms with Crippen LogP contribution in [0, 0.1) is 0 Å². The molecule has 3 aromatic rings. The number of anilines is 2. The van der Waals surface area contributed by atoms with Crippen LogP contribution in [-0.2, 0) is 10.8 Å². The number of pyridine rings is 1. The molecule has 2 amide bonds. The number of piperazine rings is 1. The van der Waals surface area contributed by atoms with E-state index < -0.39 is 10.8 Å². The van der Waals surface area contributed by atoms with E-state index >= 15 is 0 Å². The average molecular weight is 461 g/mol. The molecule has 5 rings (SSSR count). The quantitative estimate of drug-likeness (QED) is 0.600. The summed E-state index contributed by atoms with van der Waals surface area (Å²) in [6.45, 7) is 4.86. The number of hydrogen-bond donors (Lipinski definition) is 0. The Labute approximate surface area is 195 Å². The first-order valence-electron chi connectivity index (χ1n) is 11.0. The van der Waals surface area contributed by atoms with E-state index in [4.69, 9.17) is 0 Å². The highest BCUT2D eigenvalue weighted by Gasteiger charge is 2.31.